The number of aliphatic carboxylic acids is 2. The highest BCUT2D eigenvalue weighted by molar-refractivity contribution is 8.00. The Labute approximate surface area is 232 Å². The molecule has 3 aromatic rings. The van der Waals surface area contributed by atoms with Gasteiger partial charge in [0, 0.05) is 37.9 Å². The Hall–Kier alpha value is -3.20. The molecule has 1 aliphatic heterocycles. The largest absolute Gasteiger partial charge is 0.479 e. The van der Waals surface area contributed by atoms with Crippen molar-refractivity contribution in [3.63, 3.8) is 0 Å². The van der Waals surface area contributed by atoms with Crippen molar-refractivity contribution in [1.29, 1.82) is 0 Å². The van der Waals surface area contributed by atoms with Crippen molar-refractivity contribution in [2.45, 2.75) is 43.7 Å². The number of fused-ring (bicyclic) bond motifs is 1. The second-order valence-electron chi connectivity index (χ2n) is 8.96. The van der Waals surface area contributed by atoms with Crippen LogP contribution in [-0.2, 0) is 25.5 Å². The van der Waals surface area contributed by atoms with Crippen molar-refractivity contribution < 1.29 is 33.7 Å². The number of halogens is 2. The number of nitrogen functional groups attached to an aromatic ring is 1. The third kappa shape index (κ3) is 6.35. The lowest BCUT2D eigenvalue weighted by Gasteiger charge is -2.29. The predicted molar refractivity (Wildman–Crippen MR) is 143 cm³/mol. The number of carboxylic acids is 2. The number of carboxylic acid groups (broad SMARTS) is 2. The minimum absolute atomic E-state index is 0.0157. The SMILES string of the molecule is COC(COC(Cc1ccc(N2CCCCS2)cc1)(C(=O)O)C(=O)O)CC(F)n1cnc2c(N)nc(Cl)nc21. The first kappa shape index (κ1) is 28.8. The minimum atomic E-state index is -2.61. The van der Waals surface area contributed by atoms with Crippen LogP contribution in [0, 0.1) is 0 Å². The lowest BCUT2D eigenvalue weighted by atomic mass is 9.94. The molecule has 3 heterocycles. The van der Waals surface area contributed by atoms with Crippen molar-refractivity contribution in [2.24, 2.45) is 0 Å². The third-order valence-corrected chi connectivity index (χ3v) is 7.75. The molecule has 0 amide bonds. The number of alkyl halides is 1. The molecule has 15 heteroatoms. The normalized spacial score (nSPS) is 15.8. The first-order valence-electron chi connectivity index (χ1n) is 12.1. The molecular weight excluding hydrogens is 555 g/mol. The van der Waals surface area contributed by atoms with Crippen molar-refractivity contribution >= 4 is 58.2 Å². The van der Waals surface area contributed by atoms with E-state index >= 15 is 4.39 Å². The number of rotatable bonds is 12. The van der Waals surface area contributed by atoms with Gasteiger partial charge in [-0.15, -0.1) is 0 Å². The van der Waals surface area contributed by atoms with Gasteiger partial charge in [-0.25, -0.2) is 19.0 Å². The van der Waals surface area contributed by atoms with Gasteiger partial charge in [-0.1, -0.05) is 12.1 Å². The highest BCUT2D eigenvalue weighted by Gasteiger charge is 2.49. The quantitative estimate of drug-likeness (QED) is 0.162. The Bertz CT molecular complexity index is 1310. The third-order valence-electron chi connectivity index (χ3n) is 6.40. The van der Waals surface area contributed by atoms with Gasteiger partial charge in [0.05, 0.1) is 19.0 Å². The van der Waals surface area contributed by atoms with Gasteiger partial charge in [0.1, 0.15) is 5.52 Å². The predicted octanol–water partition coefficient (Wildman–Crippen LogP) is 3.35. The zero-order valence-electron chi connectivity index (χ0n) is 21.0. The Morgan fingerprint density at radius 3 is 2.56 bits per heavy atom. The van der Waals surface area contributed by atoms with Gasteiger partial charge >= 0.3 is 11.9 Å². The van der Waals surface area contributed by atoms with Crippen molar-refractivity contribution in [1.82, 2.24) is 19.5 Å². The van der Waals surface area contributed by atoms with E-state index in [4.69, 9.17) is 26.8 Å². The smallest absolute Gasteiger partial charge is 0.348 e. The molecule has 2 aromatic heterocycles. The van der Waals surface area contributed by atoms with Crippen LogP contribution in [0.3, 0.4) is 0 Å². The molecule has 1 aliphatic rings. The molecule has 4 rings (SSSR count). The summed E-state index contributed by atoms with van der Waals surface area (Å²) in [6, 6.07) is 7.02. The number of hydrogen-bond acceptors (Lipinski definition) is 10. The number of methoxy groups -OCH3 is 1. The lowest BCUT2D eigenvalue weighted by molar-refractivity contribution is -0.188. The van der Waals surface area contributed by atoms with Gasteiger partial charge in [-0.05, 0) is 54.1 Å². The van der Waals surface area contributed by atoms with Gasteiger partial charge in [0.25, 0.3) is 5.60 Å². The van der Waals surface area contributed by atoms with Gasteiger partial charge in [-0.2, -0.15) is 9.97 Å². The number of nitrogens with two attached hydrogens (primary N) is 1. The number of ether oxygens (including phenoxy) is 2. The summed E-state index contributed by atoms with van der Waals surface area (Å²) in [4.78, 5) is 36.2. The monoisotopic (exact) mass is 582 g/mol. The van der Waals surface area contributed by atoms with E-state index in [9.17, 15) is 19.8 Å². The first-order chi connectivity index (χ1) is 18.6. The van der Waals surface area contributed by atoms with Crippen LogP contribution in [0.2, 0.25) is 5.28 Å². The molecule has 1 saturated heterocycles. The summed E-state index contributed by atoms with van der Waals surface area (Å²) >= 11 is 7.55. The Kier molecular flexibility index (Phi) is 9.10. The summed E-state index contributed by atoms with van der Waals surface area (Å²) < 4.78 is 29.3. The molecule has 210 valence electrons. The van der Waals surface area contributed by atoms with E-state index in [1.54, 1.807) is 24.1 Å². The molecule has 4 N–H and O–H groups in total. The van der Waals surface area contributed by atoms with E-state index in [-0.39, 0.29) is 28.7 Å². The number of hydrogen-bond donors (Lipinski definition) is 3. The molecule has 2 unspecified atom stereocenters. The maximum absolute atomic E-state index is 15.3. The molecule has 0 spiro atoms. The molecule has 0 bridgehead atoms. The van der Waals surface area contributed by atoms with Gasteiger partial charge < -0.3 is 29.7 Å². The summed E-state index contributed by atoms with van der Waals surface area (Å²) in [5.41, 5.74) is 4.79. The zero-order chi connectivity index (χ0) is 28.2. The van der Waals surface area contributed by atoms with E-state index in [1.807, 2.05) is 12.1 Å². The number of benzene rings is 1. The highest BCUT2D eigenvalue weighted by atomic mass is 35.5. The van der Waals surface area contributed by atoms with Crippen molar-refractivity contribution in [3.8, 4) is 0 Å². The lowest BCUT2D eigenvalue weighted by Crippen LogP contribution is -2.52. The van der Waals surface area contributed by atoms with Gasteiger partial charge in [0.15, 0.2) is 17.8 Å². The van der Waals surface area contributed by atoms with E-state index in [0.29, 0.717) is 5.56 Å². The molecule has 39 heavy (non-hydrogen) atoms. The van der Waals surface area contributed by atoms with Crippen LogP contribution in [0.4, 0.5) is 15.9 Å². The standard InChI is InChI=1S/C24H28ClFN6O6S/c1-37-16(10-17(26)31-13-28-18-19(27)29-23(25)30-20(18)31)12-38-24(21(33)34,22(35)36)11-14-4-6-15(7-5-14)32-8-2-3-9-39-32/h4-7,13,16-17H,2-3,8-12H2,1H3,(H,33,34)(H,35,36)(H2,27,29,30). The van der Waals surface area contributed by atoms with Crippen LogP contribution in [0.25, 0.3) is 11.2 Å². The van der Waals surface area contributed by atoms with E-state index < -0.39 is 43.0 Å². The minimum Gasteiger partial charge on any atom is -0.479 e. The van der Waals surface area contributed by atoms with Gasteiger partial charge in [-0.3, -0.25) is 4.57 Å². The number of nitrogens with zero attached hydrogens (tertiary/aromatic N) is 5. The maximum atomic E-state index is 15.3. The van der Waals surface area contributed by atoms with E-state index in [2.05, 4.69) is 19.3 Å². The zero-order valence-corrected chi connectivity index (χ0v) is 22.6. The van der Waals surface area contributed by atoms with Crippen molar-refractivity contribution in [3.05, 3.63) is 41.4 Å². The molecule has 12 nitrogen and oxygen atoms in total. The Balaban J connectivity index is 1.47. The van der Waals surface area contributed by atoms with Crippen LogP contribution in [0.15, 0.2) is 30.6 Å². The Morgan fingerprint density at radius 1 is 1.23 bits per heavy atom. The number of anilines is 2. The van der Waals surface area contributed by atoms with Crippen LogP contribution in [-0.4, -0.2) is 79.4 Å². The van der Waals surface area contributed by atoms with Crippen LogP contribution in [0.1, 0.15) is 31.1 Å². The molecule has 0 aliphatic carbocycles. The maximum Gasteiger partial charge on any atom is 0.348 e. The fourth-order valence-electron chi connectivity index (χ4n) is 4.20. The average molecular weight is 583 g/mol. The summed E-state index contributed by atoms with van der Waals surface area (Å²) in [6.07, 6.45) is -0.131. The first-order valence-corrected chi connectivity index (χ1v) is 13.4. The molecule has 1 aromatic carbocycles. The summed E-state index contributed by atoms with van der Waals surface area (Å²) in [5.74, 6) is -2.36. The fraction of sp³-hybridized carbons (Fsp3) is 0.458. The molecule has 0 saturated carbocycles. The molecular formula is C24H28ClFN6O6S. The van der Waals surface area contributed by atoms with E-state index in [0.717, 1.165) is 35.4 Å². The second-order valence-corrected chi connectivity index (χ2v) is 10.4. The molecule has 0 radical (unpaired) electrons. The number of aromatic nitrogens is 4. The topological polar surface area (TPSA) is 166 Å². The van der Waals surface area contributed by atoms with Crippen LogP contribution >= 0.6 is 23.5 Å². The second kappa shape index (κ2) is 12.3. The fourth-order valence-corrected chi connectivity index (χ4v) is 5.45. The van der Waals surface area contributed by atoms with Crippen LogP contribution < -0.4 is 10.0 Å². The van der Waals surface area contributed by atoms with E-state index in [1.165, 1.54) is 13.4 Å². The summed E-state index contributed by atoms with van der Waals surface area (Å²) in [7, 11) is 1.28. The summed E-state index contributed by atoms with van der Waals surface area (Å²) in [5, 5.41) is 19.7. The van der Waals surface area contributed by atoms with Crippen molar-refractivity contribution in [2.75, 3.05) is 36.1 Å². The number of carbonyl (C=O) groups is 2. The van der Waals surface area contributed by atoms with Gasteiger partial charge in [0.2, 0.25) is 5.28 Å². The van der Waals surface area contributed by atoms with Crippen LogP contribution in [0.5, 0.6) is 0 Å². The number of imidazole rings is 1. The summed E-state index contributed by atoms with van der Waals surface area (Å²) in [6.45, 7) is 0.389. The highest BCUT2D eigenvalue weighted by Crippen LogP contribution is 2.30. The molecule has 2 atom stereocenters. The Morgan fingerprint density at radius 2 is 1.95 bits per heavy atom. The molecule has 1 fully saturated rings. The average Bonchev–Trinajstić information content (AvgIpc) is 3.35.